The Morgan fingerprint density at radius 3 is 2.43 bits per heavy atom. The minimum Gasteiger partial charge on any atom is -0.497 e. The molecule has 0 amide bonds. The van der Waals surface area contributed by atoms with E-state index < -0.39 is 0 Å². The molecule has 0 aromatic heterocycles. The molecule has 0 aliphatic rings. The Morgan fingerprint density at radius 1 is 1.21 bits per heavy atom. The van der Waals surface area contributed by atoms with Gasteiger partial charge in [0.2, 0.25) is 0 Å². The van der Waals surface area contributed by atoms with E-state index >= 15 is 0 Å². The molecule has 0 unspecified atom stereocenters. The van der Waals surface area contributed by atoms with E-state index in [2.05, 4.69) is 39.0 Å². The molecular weight excluding hydrogens is 172 g/mol. The summed E-state index contributed by atoms with van der Waals surface area (Å²) in [6, 6.07) is 6.55. The predicted molar refractivity (Wildman–Crippen MR) is 61.1 cm³/mol. The number of ether oxygens (including phenoxy) is 1. The highest BCUT2D eigenvalue weighted by atomic mass is 16.5. The van der Waals surface area contributed by atoms with Crippen LogP contribution in [0.25, 0.3) is 0 Å². The van der Waals surface area contributed by atoms with E-state index in [1.54, 1.807) is 7.11 Å². The molecule has 1 heteroatoms. The number of benzene rings is 1. The van der Waals surface area contributed by atoms with Crippen molar-refractivity contribution in [1.82, 2.24) is 0 Å². The lowest BCUT2D eigenvalue weighted by atomic mass is 9.98. The first kappa shape index (κ1) is 11.1. The fourth-order valence-electron chi connectivity index (χ4n) is 1.57. The van der Waals surface area contributed by atoms with Crippen LogP contribution in [0.4, 0.5) is 0 Å². The molecule has 1 nitrogen and oxygen atoms in total. The first-order valence-corrected chi connectivity index (χ1v) is 5.35. The highest BCUT2D eigenvalue weighted by Crippen LogP contribution is 2.23. The maximum absolute atomic E-state index is 5.29. The maximum atomic E-state index is 5.29. The van der Waals surface area contributed by atoms with Crippen LogP contribution in [0.5, 0.6) is 5.75 Å². The minimum atomic E-state index is 0.570. The molecule has 0 radical (unpaired) electrons. The monoisotopic (exact) mass is 192 g/mol. The van der Waals surface area contributed by atoms with Crippen LogP contribution in [-0.4, -0.2) is 7.11 Å². The molecule has 0 atom stereocenters. The van der Waals surface area contributed by atoms with Gasteiger partial charge >= 0.3 is 0 Å². The second kappa shape index (κ2) is 5.04. The average Bonchev–Trinajstić information content (AvgIpc) is 2.17. The zero-order chi connectivity index (χ0) is 10.6. The third-order valence-corrected chi connectivity index (χ3v) is 2.43. The van der Waals surface area contributed by atoms with Gasteiger partial charge in [-0.25, -0.2) is 0 Å². The third-order valence-electron chi connectivity index (χ3n) is 2.43. The standard InChI is InChI=1S/C13H20O/c1-5-6-11-7-12(10(2)3)9-13(8-11)14-4/h7-10H,5-6H2,1-4H3. The zero-order valence-corrected chi connectivity index (χ0v) is 9.63. The largest absolute Gasteiger partial charge is 0.497 e. The number of aryl methyl sites for hydroxylation is 1. The molecule has 0 heterocycles. The molecular formula is C13H20O. The summed E-state index contributed by atoms with van der Waals surface area (Å²) in [7, 11) is 1.73. The third kappa shape index (κ3) is 2.76. The molecule has 0 aliphatic carbocycles. The first-order valence-electron chi connectivity index (χ1n) is 5.35. The topological polar surface area (TPSA) is 9.23 Å². The SMILES string of the molecule is CCCc1cc(OC)cc(C(C)C)c1. The van der Waals surface area contributed by atoms with Gasteiger partial charge in [0, 0.05) is 0 Å². The Morgan fingerprint density at radius 2 is 1.93 bits per heavy atom. The van der Waals surface area contributed by atoms with E-state index in [9.17, 15) is 0 Å². The van der Waals surface area contributed by atoms with Gasteiger partial charge in [0.15, 0.2) is 0 Å². The van der Waals surface area contributed by atoms with E-state index in [-0.39, 0.29) is 0 Å². The summed E-state index contributed by atoms with van der Waals surface area (Å²) in [5.74, 6) is 1.56. The van der Waals surface area contributed by atoms with Gasteiger partial charge in [-0.2, -0.15) is 0 Å². The van der Waals surface area contributed by atoms with Crippen LogP contribution in [-0.2, 0) is 6.42 Å². The lowest BCUT2D eigenvalue weighted by Gasteiger charge is -2.10. The van der Waals surface area contributed by atoms with Crippen LogP contribution >= 0.6 is 0 Å². The fourth-order valence-corrected chi connectivity index (χ4v) is 1.57. The molecule has 1 rings (SSSR count). The van der Waals surface area contributed by atoms with Crippen LogP contribution in [0.2, 0.25) is 0 Å². The number of hydrogen-bond donors (Lipinski definition) is 0. The summed E-state index contributed by atoms with van der Waals surface area (Å²) in [6.07, 6.45) is 2.32. The summed E-state index contributed by atoms with van der Waals surface area (Å²) < 4.78 is 5.29. The molecule has 1 aromatic carbocycles. The van der Waals surface area contributed by atoms with Crippen molar-refractivity contribution in [2.24, 2.45) is 0 Å². The molecule has 0 fully saturated rings. The number of rotatable bonds is 4. The van der Waals surface area contributed by atoms with Crippen molar-refractivity contribution < 1.29 is 4.74 Å². The Balaban J connectivity index is 3.00. The molecule has 0 saturated heterocycles. The summed E-state index contributed by atoms with van der Waals surface area (Å²) in [4.78, 5) is 0. The minimum absolute atomic E-state index is 0.570. The van der Waals surface area contributed by atoms with Crippen molar-refractivity contribution in [1.29, 1.82) is 0 Å². The van der Waals surface area contributed by atoms with Crippen LogP contribution in [0.1, 0.15) is 44.2 Å². The van der Waals surface area contributed by atoms with Crippen LogP contribution in [0, 0.1) is 0 Å². The van der Waals surface area contributed by atoms with Crippen LogP contribution in [0.15, 0.2) is 18.2 Å². The fraction of sp³-hybridized carbons (Fsp3) is 0.538. The second-order valence-electron chi connectivity index (χ2n) is 4.02. The smallest absolute Gasteiger partial charge is 0.119 e. The van der Waals surface area contributed by atoms with Gasteiger partial charge in [-0.05, 0) is 35.6 Å². The molecule has 0 saturated carbocycles. The summed E-state index contributed by atoms with van der Waals surface area (Å²) in [5.41, 5.74) is 2.75. The molecule has 0 spiro atoms. The van der Waals surface area contributed by atoms with Gasteiger partial charge in [0.1, 0.15) is 5.75 Å². The predicted octanol–water partition coefficient (Wildman–Crippen LogP) is 3.77. The molecule has 1 aromatic rings. The van der Waals surface area contributed by atoms with Gasteiger partial charge in [-0.15, -0.1) is 0 Å². The van der Waals surface area contributed by atoms with Gasteiger partial charge in [0.05, 0.1) is 7.11 Å². The summed E-state index contributed by atoms with van der Waals surface area (Å²) >= 11 is 0. The Bertz CT molecular complexity index is 289. The van der Waals surface area contributed by atoms with Crippen molar-refractivity contribution in [2.45, 2.75) is 39.5 Å². The van der Waals surface area contributed by atoms with Gasteiger partial charge < -0.3 is 4.74 Å². The lowest BCUT2D eigenvalue weighted by Crippen LogP contribution is -1.94. The van der Waals surface area contributed by atoms with Crippen molar-refractivity contribution in [3.8, 4) is 5.75 Å². The van der Waals surface area contributed by atoms with E-state index in [1.165, 1.54) is 17.5 Å². The van der Waals surface area contributed by atoms with Crippen molar-refractivity contribution in [2.75, 3.05) is 7.11 Å². The van der Waals surface area contributed by atoms with E-state index in [1.807, 2.05) is 0 Å². The second-order valence-corrected chi connectivity index (χ2v) is 4.02. The number of methoxy groups -OCH3 is 1. The highest BCUT2D eigenvalue weighted by molar-refractivity contribution is 5.36. The van der Waals surface area contributed by atoms with Crippen molar-refractivity contribution >= 4 is 0 Å². The van der Waals surface area contributed by atoms with E-state index in [0.717, 1.165) is 12.2 Å². The van der Waals surface area contributed by atoms with E-state index in [0.29, 0.717) is 5.92 Å². The van der Waals surface area contributed by atoms with Crippen LogP contribution < -0.4 is 4.74 Å². The molecule has 14 heavy (non-hydrogen) atoms. The normalized spacial score (nSPS) is 10.6. The Hall–Kier alpha value is -0.980. The van der Waals surface area contributed by atoms with E-state index in [4.69, 9.17) is 4.74 Å². The quantitative estimate of drug-likeness (QED) is 0.705. The van der Waals surface area contributed by atoms with Gasteiger partial charge in [-0.1, -0.05) is 33.3 Å². The lowest BCUT2D eigenvalue weighted by molar-refractivity contribution is 0.413. The molecule has 0 aliphatic heterocycles. The molecule has 78 valence electrons. The van der Waals surface area contributed by atoms with Crippen molar-refractivity contribution in [3.05, 3.63) is 29.3 Å². The summed E-state index contributed by atoms with van der Waals surface area (Å²) in [5, 5.41) is 0. The summed E-state index contributed by atoms with van der Waals surface area (Å²) in [6.45, 7) is 6.63. The van der Waals surface area contributed by atoms with Gasteiger partial charge in [0.25, 0.3) is 0 Å². The Labute approximate surface area is 87.1 Å². The first-order chi connectivity index (χ1) is 6.67. The number of hydrogen-bond acceptors (Lipinski definition) is 1. The van der Waals surface area contributed by atoms with Gasteiger partial charge in [-0.3, -0.25) is 0 Å². The highest BCUT2D eigenvalue weighted by Gasteiger charge is 2.04. The maximum Gasteiger partial charge on any atom is 0.119 e. The average molecular weight is 192 g/mol. The molecule has 0 N–H and O–H groups in total. The van der Waals surface area contributed by atoms with Crippen LogP contribution in [0.3, 0.4) is 0 Å². The zero-order valence-electron chi connectivity index (χ0n) is 9.63. The van der Waals surface area contributed by atoms with Crippen molar-refractivity contribution in [3.63, 3.8) is 0 Å². The Kier molecular flexibility index (Phi) is 3.99. The molecule has 0 bridgehead atoms.